The molecule has 1 aliphatic rings. The molecule has 26 heavy (non-hydrogen) atoms. The van der Waals surface area contributed by atoms with Gasteiger partial charge in [0.25, 0.3) is 0 Å². The molecule has 1 aliphatic heterocycles. The van der Waals surface area contributed by atoms with Crippen molar-refractivity contribution in [3.05, 3.63) is 70.2 Å². The van der Waals surface area contributed by atoms with E-state index in [9.17, 15) is 14.7 Å². The molecule has 1 fully saturated rings. The van der Waals surface area contributed by atoms with E-state index in [0.29, 0.717) is 13.0 Å². The maximum Gasteiger partial charge on any atom is 0.408 e. The Morgan fingerprint density at radius 2 is 1.77 bits per heavy atom. The van der Waals surface area contributed by atoms with Crippen molar-refractivity contribution in [2.75, 3.05) is 6.54 Å². The van der Waals surface area contributed by atoms with E-state index in [1.807, 2.05) is 54.6 Å². The summed E-state index contributed by atoms with van der Waals surface area (Å²) in [7, 11) is 0. The zero-order valence-corrected chi connectivity index (χ0v) is 15.8. The van der Waals surface area contributed by atoms with Gasteiger partial charge in [-0.1, -0.05) is 58.4 Å². The third-order valence-electron chi connectivity index (χ3n) is 4.57. The van der Waals surface area contributed by atoms with Crippen LogP contribution in [0.15, 0.2) is 59.1 Å². The van der Waals surface area contributed by atoms with Crippen LogP contribution in [0.1, 0.15) is 17.5 Å². The number of likely N-dealkylation sites (tertiary alicyclic amines) is 1. The molecule has 1 amide bonds. The Kier molecular flexibility index (Phi) is 5.93. The van der Waals surface area contributed by atoms with Crippen molar-refractivity contribution in [3.63, 3.8) is 0 Å². The molecule has 0 radical (unpaired) electrons. The van der Waals surface area contributed by atoms with Crippen molar-refractivity contribution in [1.29, 1.82) is 0 Å². The average molecular weight is 418 g/mol. The summed E-state index contributed by atoms with van der Waals surface area (Å²) in [6.45, 7) is 0.498. The van der Waals surface area contributed by atoms with Crippen molar-refractivity contribution < 1.29 is 19.4 Å². The Hall–Kier alpha value is -2.34. The summed E-state index contributed by atoms with van der Waals surface area (Å²) in [5.41, 5.74) is 2.01. The average Bonchev–Trinajstić information content (AvgIpc) is 3.07. The largest absolute Gasteiger partial charge is 0.465 e. The molecule has 1 saturated heterocycles. The quantitative estimate of drug-likeness (QED) is 0.743. The number of hydrogen-bond donors (Lipinski definition) is 1. The molecule has 5 nitrogen and oxygen atoms in total. The van der Waals surface area contributed by atoms with E-state index in [1.165, 1.54) is 4.90 Å². The summed E-state index contributed by atoms with van der Waals surface area (Å²) >= 11 is 3.40. The van der Waals surface area contributed by atoms with E-state index >= 15 is 0 Å². The van der Waals surface area contributed by atoms with Gasteiger partial charge in [-0.25, -0.2) is 9.59 Å². The third-order valence-corrected chi connectivity index (χ3v) is 5.10. The topological polar surface area (TPSA) is 66.8 Å². The second-order valence-corrected chi connectivity index (χ2v) is 7.39. The molecule has 0 unspecified atom stereocenters. The Morgan fingerprint density at radius 1 is 1.08 bits per heavy atom. The van der Waals surface area contributed by atoms with Crippen LogP contribution in [0, 0.1) is 5.92 Å². The van der Waals surface area contributed by atoms with E-state index in [1.54, 1.807) is 0 Å². The van der Waals surface area contributed by atoms with Crippen LogP contribution < -0.4 is 0 Å². The zero-order chi connectivity index (χ0) is 18.5. The predicted molar refractivity (Wildman–Crippen MR) is 101 cm³/mol. The van der Waals surface area contributed by atoms with E-state index < -0.39 is 18.1 Å². The van der Waals surface area contributed by atoms with E-state index in [-0.39, 0.29) is 12.5 Å². The number of esters is 1. The monoisotopic (exact) mass is 417 g/mol. The van der Waals surface area contributed by atoms with Gasteiger partial charge < -0.3 is 9.84 Å². The van der Waals surface area contributed by atoms with Crippen molar-refractivity contribution in [2.24, 2.45) is 5.92 Å². The van der Waals surface area contributed by atoms with Crippen molar-refractivity contribution >= 4 is 28.0 Å². The molecule has 6 heteroatoms. The molecule has 0 saturated carbocycles. The van der Waals surface area contributed by atoms with Crippen molar-refractivity contribution in [2.45, 2.75) is 25.5 Å². The van der Waals surface area contributed by atoms with Crippen LogP contribution in [-0.2, 0) is 22.6 Å². The van der Waals surface area contributed by atoms with Gasteiger partial charge in [-0.2, -0.15) is 0 Å². The summed E-state index contributed by atoms with van der Waals surface area (Å²) in [4.78, 5) is 25.2. The van der Waals surface area contributed by atoms with Crippen molar-refractivity contribution in [1.82, 2.24) is 4.90 Å². The predicted octanol–water partition coefficient (Wildman–Crippen LogP) is 4.10. The zero-order valence-electron chi connectivity index (χ0n) is 14.2. The summed E-state index contributed by atoms with van der Waals surface area (Å²) in [5, 5.41) is 9.45. The molecule has 0 bridgehead atoms. The van der Waals surface area contributed by atoms with Gasteiger partial charge in [-0.05, 0) is 42.0 Å². The highest BCUT2D eigenvalue weighted by molar-refractivity contribution is 9.10. The van der Waals surface area contributed by atoms with Gasteiger partial charge >= 0.3 is 12.1 Å². The molecule has 2 atom stereocenters. The smallest absolute Gasteiger partial charge is 0.408 e. The SMILES string of the molecule is O=C(OCc1ccccc1)[C@H]1C[C@H](Cc2ccc(Br)cc2)CN1C(=O)O. The van der Waals surface area contributed by atoms with Crippen LogP contribution in [0.4, 0.5) is 4.79 Å². The minimum Gasteiger partial charge on any atom is -0.465 e. The lowest BCUT2D eigenvalue weighted by atomic mass is 9.97. The molecular weight excluding hydrogens is 398 g/mol. The maximum absolute atomic E-state index is 12.4. The molecular formula is C20H20BrNO4. The molecule has 2 aromatic rings. The van der Waals surface area contributed by atoms with Gasteiger partial charge in [0.1, 0.15) is 12.6 Å². The van der Waals surface area contributed by atoms with Crippen LogP contribution in [0.25, 0.3) is 0 Å². The number of hydrogen-bond acceptors (Lipinski definition) is 3. The van der Waals surface area contributed by atoms with Crippen LogP contribution in [0.3, 0.4) is 0 Å². The second kappa shape index (κ2) is 8.36. The minimum absolute atomic E-state index is 0.0987. The number of nitrogens with zero attached hydrogens (tertiary/aromatic N) is 1. The van der Waals surface area contributed by atoms with Gasteiger partial charge in [0.15, 0.2) is 0 Å². The first-order valence-corrected chi connectivity index (χ1v) is 9.27. The fourth-order valence-corrected chi connectivity index (χ4v) is 3.55. The lowest BCUT2D eigenvalue weighted by Crippen LogP contribution is -2.40. The van der Waals surface area contributed by atoms with Crippen LogP contribution in [-0.4, -0.2) is 34.7 Å². The Labute approximate surface area is 160 Å². The highest BCUT2D eigenvalue weighted by Gasteiger charge is 2.40. The molecule has 2 aromatic carbocycles. The van der Waals surface area contributed by atoms with Gasteiger partial charge in [0.2, 0.25) is 0 Å². The van der Waals surface area contributed by atoms with Gasteiger partial charge in [-0.3, -0.25) is 4.90 Å². The van der Waals surface area contributed by atoms with E-state index in [0.717, 1.165) is 22.0 Å². The summed E-state index contributed by atoms with van der Waals surface area (Å²) in [6, 6.07) is 16.6. The number of ether oxygens (including phenoxy) is 1. The van der Waals surface area contributed by atoms with Gasteiger partial charge in [-0.15, -0.1) is 0 Å². The molecule has 0 aliphatic carbocycles. The number of halogens is 1. The van der Waals surface area contributed by atoms with Gasteiger partial charge in [0, 0.05) is 11.0 Å². The Balaban J connectivity index is 1.62. The van der Waals surface area contributed by atoms with Crippen LogP contribution >= 0.6 is 15.9 Å². The van der Waals surface area contributed by atoms with Crippen LogP contribution in [0.5, 0.6) is 0 Å². The number of rotatable bonds is 5. The lowest BCUT2D eigenvalue weighted by molar-refractivity contribution is -0.149. The summed E-state index contributed by atoms with van der Waals surface area (Å²) in [5.74, 6) is -0.379. The lowest BCUT2D eigenvalue weighted by Gasteiger charge is -2.19. The molecule has 3 rings (SSSR count). The Morgan fingerprint density at radius 3 is 2.42 bits per heavy atom. The third kappa shape index (κ3) is 4.64. The number of carbonyl (C=O) groups excluding carboxylic acids is 1. The highest BCUT2D eigenvalue weighted by atomic mass is 79.9. The molecule has 0 aromatic heterocycles. The normalized spacial score (nSPS) is 19.3. The molecule has 0 spiro atoms. The molecule has 1 heterocycles. The summed E-state index contributed by atoms with van der Waals surface area (Å²) < 4.78 is 6.36. The number of carbonyl (C=O) groups is 2. The highest BCUT2D eigenvalue weighted by Crippen LogP contribution is 2.28. The first kappa shape index (κ1) is 18.5. The van der Waals surface area contributed by atoms with Crippen LogP contribution in [0.2, 0.25) is 0 Å². The number of amides is 1. The number of benzene rings is 2. The Bertz CT molecular complexity index is 763. The van der Waals surface area contributed by atoms with E-state index in [4.69, 9.17) is 4.74 Å². The van der Waals surface area contributed by atoms with Crippen molar-refractivity contribution in [3.8, 4) is 0 Å². The maximum atomic E-state index is 12.4. The standard InChI is InChI=1S/C20H20BrNO4/c21-17-8-6-14(7-9-17)10-16-11-18(22(12-16)20(24)25)19(23)26-13-15-4-2-1-3-5-15/h1-9,16,18H,10-13H2,(H,24,25)/t16-,18+/m0/s1. The minimum atomic E-state index is -1.08. The first-order chi connectivity index (χ1) is 12.5. The fourth-order valence-electron chi connectivity index (χ4n) is 3.28. The fraction of sp³-hybridized carbons (Fsp3) is 0.300. The first-order valence-electron chi connectivity index (χ1n) is 8.47. The number of carboxylic acid groups (broad SMARTS) is 1. The summed E-state index contributed by atoms with van der Waals surface area (Å²) in [6.07, 6.45) is 0.139. The second-order valence-electron chi connectivity index (χ2n) is 6.48. The molecule has 136 valence electrons. The van der Waals surface area contributed by atoms with Gasteiger partial charge in [0.05, 0.1) is 0 Å². The molecule has 1 N–H and O–H groups in total. The van der Waals surface area contributed by atoms with E-state index in [2.05, 4.69) is 15.9 Å².